The number of carbonyl (C=O) groups excluding carboxylic acids is 3. The number of anilines is 2. The van der Waals surface area contributed by atoms with Gasteiger partial charge in [-0.3, -0.25) is 24.6 Å². The molecule has 0 saturated carbocycles. The van der Waals surface area contributed by atoms with Crippen LogP contribution in [0.5, 0.6) is 0 Å². The van der Waals surface area contributed by atoms with Gasteiger partial charge in [0.15, 0.2) is 5.13 Å². The van der Waals surface area contributed by atoms with Crippen LogP contribution in [0, 0.1) is 0 Å². The summed E-state index contributed by atoms with van der Waals surface area (Å²) >= 11 is 1.11. The molecule has 2 aromatic carbocycles. The van der Waals surface area contributed by atoms with Gasteiger partial charge in [0.2, 0.25) is 21.8 Å². The zero-order valence-corrected chi connectivity index (χ0v) is 16.4. The van der Waals surface area contributed by atoms with Crippen LogP contribution >= 0.6 is 11.3 Å². The quantitative estimate of drug-likeness (QED) is 0.606. The van der Waals surface area contributed by atoms with E-state index in [0.717, 1.165) is 16.2 Å². The lowest BCUT2D eigenvalue weighted by atomic mass is 10.2. The average Bonchev–Trinajstić information content (AvgIpc) is 3.22. The lowest BCUT2D eigenvalue weighted by molar-refractivity contribution is -0.121. The maximum Gasteiger partial charge on any atom is 0.257 e. The van der Waals surface area contributed by atoms with E-state index in [-0.39, 0.29) is 29.6 Å². The number of carbonyl (C=O) groups is 3. The Kier molecular flexibility index (Phi) is 4.65. The Balaban J connectivity index is 1.53. The Bertz CT molecular complexity index is 1250. The predicted octanol–water partition coefficient (Wildman–Crippen LogP) is 1.85. The van der Waals surface area contributed by atoms with Gasteiger partial charge < -0.3 is 0 Å². The zero-order valence-electron chi connectivity index (χ0n) is 14.8. The summed E-state index contributed by atoms with van der Waals surface area (Å²) in [5, 5.41) is 8.08. The summed E-state index contributed by atoms with van der Waals surface area (Å²) in [5.41, 5.74) is 1.26. The standard InChI is InChI=1S/C18H14N4O5S2/c19-29(26,27)12-5-6-13-14(9-12)28-18(20-13)21-17(25)10-1-3-11(4-2-10)22-15(23)7-8-16(22)24/h1-6,9H,7-8H2,(H2,19,26,27)(H,20,21,25). The van der Waals surface area contributed by atoms with Gasteiger partial charge in [0, 0.05) is 18.4 Å². The van der Waals surface area contributed by atoms with Gasteiger partial charge in [-0.25, -0.2) is 18.5 Å². The van der Waals surface area contributed by atoms with E-state index in [0.29, 0.717) is 26.6 Å². The van der Waals surface area contributed by atoms with Crippen molar-refractivity contribution in [3.8, 4) is 0 Å². The number of nitrogens with one attached hydrogen (secondary N) is 1. The lowest BCUT2D eigenvalue weighted by Gasteiger charge is -2.13. The molecule has 1 saturated heterocycles. The van der Waals surface area contributed by atoms with Crippen molar-refractivity contribution in [1.29, 1.82) is 0 Å². The first-order chi connectivity index (χ1) is 13.7. The van der Waals surface area contributed by atoms with Gasteiger partial charge in [-0.2, -0.15) is 0 Å². The number of aromatic nitrogens is 1. The Labute approximate surface area is 169 Å². The number of thiazole rings is 1. The molecule has 0 radical (unpaired) electrons. The third-order valence-electron chi connectivity index (χ3n) is 4.35. The van der Waals surface area contributed by atoms with Crippen molar-refractivity contribution in [3.05, 3.63) is 48.0 Å². The third-order valence-corrected chi connectivity index (χ3v) is 6.19. The van der Waals surface area contributed by atoms with Crippen molar-refractivity contribution >= 4 is 60.1 Å². The Morgan fingerprint density at radius 1 is 1.07 bits per heavy atom. The molecule has 148 valence electrons. The van der Waals surface area contributed by atoms with Gasteiger partial charge in [0.05, 0.1) is 20.8 Å². The lowest BCUT2D eigenvalue weighted by Crippen LogP contribution is -2.28. The van der Waals surface area contributed by atoms with Crippen LogP contribution in [0.1, 0.15) is 23.2 Å². The number of nitrogens with two attached hydrogens (primary N) is 1. The number of fused-ring (bicyclic) bond motifs is 1. The molecular weight excluding hydrogens is 416 g/mol. The summed E-state index contributed by atoms with van der Waals surface area (Å²) in [6, 6.07) is 10.4. The topological polar surface area (TPSA) is 140 Å². The van der Waals surface area contributed by atoms with Crippen LogP contribution in [0.3, 0.4) is 0 Å². The number of primary sulfonamides is 1. The normalized spacial score (nSPS) is 14.6. The molecule has 3 N–H and O–H groups in total. The number of amides is 3. The number of benzene rings is 2. The van der Waals surface area contributed by atoms with E-state index in [2.05, 4.69) is 10.3 Å². The fraction of sp³-hybridized carbons (Fsp3) is 0.111. The van der Waals surface area contributed by atoms with Crippen molar-refractivity contribution in [2.45, 2.75) is 17.7 Å². The maximum absolute atomic E-state index is 12.5. The maximum atomic E-state index is 12.5. The minimum absolute atomic E-state index is 0.0341. The van der Waals surface area contributed by atoms with Crippen LogP contribution < -0.4 is 15.4 Å². The van der Waals surface area contributed by atoms with Crippen molar-refractivity contribution in [3.63, 3.8) is 0 Å². The van der Waals surface area contributed by atoms with Crippen molar-refractivity contribution < 1.29 is 22.8 Å². The van der Waals surface area contributed by atoms with Crippen molar-refractivity contribution in [2.75, 3.05) is 10.2 Å². The summed E-state index contributed by atoms with van der Waals surface area (Å²) in [7, 11) is -3.83. The van der Waals surface area contributed by atoms with E-state index >= 15 is 0 Å². The van der Waals surface area contributed by atoms with Gasteiger partial charge in [0.25, 0.3) is 5.91 Å². The van der Waals surface area contributed by atoms with Crippen molar-refractivity contribution in [1.82, 2.24) is 4.98 Å². The number of imide groups is 1. The molecule has 1 fully saturated rings. The second-order valence-corrected chi connectivity index (χ2v) is 8.91. The van der Waals surface area contributed by atoms with E-state index in [4.69, 9.17) is 5.14 Å². The highest BCUT2D eigenvalue weighted by Crippen LogP contribution is 2.28. The van der Waals surface area contributed by atoms with Crippen LogP contribution in [-0.4, -0.2) is 31.1 Å². The van der Waals surface area contributed by atoms with Gasteiger partial charge in [-0.05, 0) is 42.5 Å². The largest absolute Gasteiger partial charge is 0.298 e. The summed E-state index contributed by atoms with van der Waals surface area (Å²) in [6.07, 6.45) is 0.373. The first-order valence-electron chi connectivity index (χ1n) is 8.43. The first-order valence-corrected chi connectivity index (χ1v) is 10.8. The molecule has 4 rings (SSSR count). The molecule has 0 unspecified atom stereocenters. The highest BCUT2D eigenvalue weighted by molar-refractivity contribution is 7.89. The summed E-state index contributed by atoms with van der Waals surface area (Å²) in [5.74, 6) is -0.956. The molecular formula is C18H14N4O5S2. The highest BCUT2D eigenvalue weighted by Gasteiger charge is 2.30. The van der Waals surface area contributed by atoms with E-state index in [1.54, 1.807) is 0 Å². The Morgan fingerprint density at radius 3 is 2.34 bits per heavy atom. The fourth-order valence-electron chi connectivity index (χ4n) is 2.93. The number of nitrogens with zero attached hydrogens (tertiary/aromatic N) is 2. The van der Waals surface area contributed by atoms with Crippen molar-refractivity contribution in [2.24, 2.45) is 5.14 Å². The molecule has 1 aliphatic heterocycles. The molecule has 1 aromatic heterocycles. The van der Waals surface area contributed by atoms with Crippen LogP contribution in [0.15, 0.2) is 47.4 Å². The molecule has 11 heteroatoms. The minimum Gasteiger partial charge on any atom is -0.298 e. The Hall–Kier alpha value is -3.15. The molecule has 0 bridgehead atoms. The summed E-state index contributed by atoms with van der Waals surface area (Å²) in [6.45, 7) is 0. The SMILES string of the molecule is NS(=O)(=O)c1ccc2nc(NC(=O)c3ccc(N4C(=O)CCC4=O)cc3)sc2c1. The average molecular weight is 430 g/mol. The molecule has 0 spiro atoms. The molecule has 2 heterocycles. The number of sulfonamides is 1. The third kappa shape index (κ3) is 3.75. The van der Waals surface area contributed by atoms with Crippen LogP contribution in [-0.2, 0) is 19.6 Å². The van der Waals surface area contributed by atoms with Gasteiger partial charge in [0.1, 0.15) is 0 Å². The molecule has 0 aliphatic carbocycles. The second-order valence-electron chi connectivity index (χ2n) is 6.32. The summed E-state index contributed by atoms with van der Waals surface area (Å²) < 4.78 is 23.5. The number of rotatable bonds is 4. The molecule has 29 heavy (non-hydrogen) atoms. The fourth-order valence-corrected chi connectivity index (χ4v) is 4.45. The highest BCUT2D eigenvalue weighted by atomic mass is 32.2. The monoisotopic (exact) mass is 430 g/mol. The molecule has 9 nitrogen and oxygen atoms in total. The Morgan fingerprint density at radius 2 is 1.72 bits per heavy atom. The number of hydrogen-bond acceptors (Lipinski definition) is 7. The zero-order chi connectivity index (χ0) is 20.8. The molecule has 3 aromatic rings. The van der Waals surface area contributed by atoms with E-state index < -0.39 is 15.9 Å². The van der Waals surface area contributed by atoms with E-state index in [1.165, 1.54) is 42.5 Å². The predicted molar refractivity (Wildman–Crippen MR) is 107 cm³/mol. The second kappa shape index (κ2) is 7.03. The minimum atomic E-state index is -3.83. The van der Waals surface area contributed by atoms with Crippen LogP contribution in [0.4, 0.5) is 10.8 Å². The molecule has 0 atom stereocenters. The number of hydrogen-bond donors (Lipinski definition) is 2. The van der Waals surface area contributed by atoms with Gasteiger partial charge in [-0.1, -0.05) is 11.3 Å². The summed E-state index contributed by atoms with van der Waals surface area (Å²) in [4.78, 5) is 41.4. The smallest absolute Gasteiger partial charge is 0.257 e. The van der Waals surface area contributed by atoms with Gasteiger partial charge in [-0.15, -0.1) is 0 Å². The van der Waals surface area contributed by atoms with Crippen LogP contribution in [0.25, 0.3) is 10.2 Å². The van der Waals surface area contributed by atoms with Crippen LogP contribution in [0.2, 0.25) is 0 Å². The molecule has 3 amide bonds. The van der Waals surface area contributed by atoms with E-state index in [1.807, 2.05) is 0 Å². The van der Waals surface area contributed by atoms with E-state index in [9.17, 15) is 22.8 Å². The first kappa shape index (κ1) is 19.2. The molecule has 1 aliphatic rings. The van der Waals surface area contributed by atoms with Gasteiger partial charge >= 0.3 is 0 Å².